The summed E-state index contributed by atoms with van der Waals surface area (Å²) in [6, 6.07) is 56.6. The van der Waals surface area contributed by atoms with Crippen molar-refractivity contribution in [1.29, 1.82) is 0 Å². The Balaban J connectivity index is 1.08. The van der Waals surface area contributed by atoms with E-state index in [4.69, 9.17) is 14.7 Å². The Labute approximate surface area is 314 Å². The molecule has 0 fully saturated rings. The van der Waals surface area contributed by atoms with Gasteiger partial charge in [-0.2, -0.15) is 0 Å². The summed E-state index contributed by atoms with van der Waals surface area (Å²) in [6.45, 7) is 0. The van der Waals surface area contributed by atoms with Gasteiger partial charge in [0, 0.05) is 22.3 Å². The molecule has 7 aromatic carbocycles. The number of allylic oxidation sites excluding steroid dienone is 2. The number of rotatable bonds is 4. The smallest absolute Gasteiger partial charge is 0.169 e. The molecule has 11 rings (SSSR count). The van der Waals surface area contributed by atoms with Gasteiger partial charge in [-0.1, -0.05) is 152 Å². The summed E-state index contributed by atoms with van der Waals surface area (Å²) < 4.78 is 6.57. The molecular formula is C50H35N3O. The highest BCUT2D eigenvalue weighted by molar-refractivity contribution is 6.17. The predicted octanol–water partition coefficient (Wildman–Crippen LogP) is 11.7. The highest BCUT2D eigenvalue weighted by atomic mass is 16.5. The van der Waals surface area contributed by atoms with Crippen molar-refractivity contribution >= 4 is 22.4 Å². The fourth-order valence-corrected chi connectivity index (χ4v) is 9.03. The minimum atomic E-state index is -0.514. The molecule has 1 atom stereocenters. The van der Waals surface area contributed by atoms with E-state index in [9.17, 15) is 0 Å². The van der Waals surface area contributed by atoms with Crippen LogP contribution in [-0.2, 0) is 5.41 Å². The third-order valence-corrected chi connectivity index (χ3v) is 11.4. The zero-order valence-electron chi connectivity index (χ0n) is 29.5. The van der Waals surface area contributed by atoms with E-state index in [1.165, 1.54) is 49.7 Å². The summed E-state index contributed by atoms with van der Waals surface area (Å²) in [5, 5.41) is 6.01. The van der Waals surface area contributed by atoms with Crippen LogP contribution in [0.25, 0.3) is 33.0 Å². The van der Waals surface area contributed by atoms with Crippen molar-refractivity contribution in [1.82, 2.24) is 5.32 Å². The first-order valence-electron chi connectivity index (χ1n) is 18.8. The van der Waals surface area contributed by atoms with E-state index in [2.05, 4.69) is 181 Å². The van der Waals surface area contributed by atoms with E-state index in [1.54, 1.807) is 0 Å². The summed E-state index contributed by atoms with van der Waals surface area (Å²) in [4.78, 5) is 10.5. The van der Waals surface area contributed by atoms with Gasteiger partial charge in [0.1, 0.15) is 23.2 Å². The number of amidine groups is 2. The zero-order chi connectivity index (χ0) is 35.6. The lowest BCUT2D eigenvalue weighted by Crippen LogP contribution is -2.36. The Morgan fingerprint density at radius 2 is 1.22 bits per heavy atom. The number of fused-ring (bicyclic) bond motifs is 10. The van der Waals surface area contributed by atoms with Crippen molar-refractivity contribution in [2.24, 2.45) is 9.98 Å². The quantitative estimate of drug-likeness (QED) is 0.199. The van der Waals surface area contributed by atoms with Crippen molar-refractivity contribution in [3.63, 3.8) is 0 Å². The molecule has 2 heterocycles. The Morgan fingerprint density at radius 3 is 2.04 bits per heavy atom. The summed E-state index contributed by atoms with van der Waals surface area (Å²) >= 11 is 0. The van der Waals surface area contributed by atoms with E-state index >= 15 is 0 Å². The van der Waals surface area contributed by atoms with Crippen LogP contribution in [0, 0.1) is 0 Å². The molecular weight excluding hydrogens is 659 g/mol. The molecule has 2 aliphatic carbocycles. The molecule has 0 saturated carbocycles. The van der Waals surface area contributed by atoms with E-state index in [-0.39, 0.29) is 0 Å². The standard InChI is InChI=1S/C50H35N3O/c1-2-15-33(16-3-1)47-51-48(53-49(52-47)37-29-28-32-14-4-5-17-34(32)30-37)36-19-12-18-35(31-36)38-21-13-25-43-46(38)39-20-6-7-22-40(39)50(43)41-23-8-10-26-44(41)54-45-27-11-9-24-42(45)50/h2,4-31,48H,1,3H2,(H,51,52,53). The predicted molar refractivity (Wildman–Crippen MR) is 220 cm³/mol. The molecule has 0 amide bonds. The maximum atomic E-state index is 6.57. The van der Waals surface area contributed by atoms with Crippen LogP contribution in [-0.4, -0.2) is 11.7 Å². The third kappa shape index (κ3) is 4.63. The molecule has 7 aromatic rings. The van der Waals surface area contributed by atoms with Crippen LogP contribution in [0.3, 0.4) is 0 Å². The minimum Gasteiger partial charge on any atom is -0.457 e. The number of hydrogen-bond donors (Lipinski definition) is 1. The van der Waals surface area contributed by atoms with Crippen LogP contribution in [0.5, 0.6) is 11.5 Å². The summed E-state index contributed by atoms with van der Waals surface area (Å²) in [5.74, 6) is 3.48. The summed E-state index contributed by atoms with van der Waals surface area (Å²) in [6.07, 6.45) is 8.31. The number of benzene rings is 7. The first-order valence-corrected chi connectivity index (χ1v) is 18.8. The molecule has 0 radical (unpaired) electrons. The van der Waals surface area contributed by atoms with Crippen molar-refractivity contribution in [2.75, 3.05) is 0 Å². The summed E-state index contributed by atoms with van der Waals surface area (Å²) in [7, 11) is 0. The Kier molecular flexibility index (Phi) is 6.93. The SMILES string of the molecule is C1=CC(C2=NC(c3cccc(-c4cccc5c4-c4ccccc4C54c5ccccc5Oc5ccccc54)c3)N=C(c3ccc4ccccc4c3)N2)=CCC1. The lowest BCUT2D eigenvalue weighted by atomic mass is 9.66. The number of ether oxygens (including phenoxy) is 1. The van der Waals surface area contributed by atoms with E-state index in [0.717, 1.165) is 58.3 Å². The van der Waals surface area contributed by atoms with Gasteiger partial charge >= 0.3 is 0 Å². The highest BCUT2D eigenvalue weighted by Gasteiger charge is 2.51. The Morgan fingerprint density at radius 1 is 0.537 bits per heavy atom. The molecule has 4 aliphatic rings. The molecule has 1 N–H and O–H groups in total. The molecule has 2 aliphatic heterocycles. The van der Waals surface area contributed by atoms with Crippen molar-refractivity contribution < 1.29 is 4.74 Å². The average Bonchev–Trinajstić information content (AvgIpc) is 3.54. The van der Waals surface area contributed by atoms with Crippen LogP contribution >= 0.6 is 0 Å². The van der Waals surface area contributed by atoms with Gasteiger partial charge < -0.3 is 10.1 Å². The van der Waals surface area contributed by atoms with Crippen molar-refractivity contribution in [3.05, 3.63) is 215 Å². The maximum Gasteiger partial charge on any atom is 0.169 e. The Hall–Kier alpha value is -6.78. The normalized spacial score (nSPS) is 17.3. The maximum absolute atomic E-state index is 6.57. The Bertz CT molecular complexity index is 2760. The van der Waals surface area contributed by atoms with Gasteiger partial charge in [0.15, 0.2) is 6.17 Å². The molecule has 4 nitrogen and oxygen atoms in total. The van der Waals surface area contributed by atoms with Gasteiger partial charge in [0.2, 0.25) is 0 Å². The molecule has 1 unspecified atom stereocenters. The minimum absolute atomic E-state index is 0.413. The molecule has 4 heteroatoms. The highest BCUT2D eigenvalue weighted by Crippen LogP contribution is 2.63. The molecule has 256 valence electrons. The van der Waals surface area contributed by atoms with Gasteiger partial charge in [-0.15, -0.1) is 0 Å². The average molecular weight is 694 g/mol. The van der Waals surface area contributed by atoms with Gasteiger partial charge in [-0.3, -0.25) is 0 Å². The van der Waals surface area contributed by atoms with Crippen molar-refractivity contribution in [2.45, 2.75) is 24.4 Å². The topological polar surface area (TPSA) is 46.0 Å². The first kappa shape index (κ1) is 30.8. The molecule has 1 spiro atoms. The van der Waals surface area contributed by atoms with E-state index in [0.29, 0.717) is 0 Å². The number of hydrogen-bond acceptors (Lipinski definition) is 4. The summed E-state index contributed by atoms with van der Waals surface area (Å²) in [5.41, 5.74) is 12.4. The van der Waals surface area contributed by atoms with E-state index in [1.807, 2.05) is 0 Å². The largest absolute Gasteiger partial charge is 0.457 e. The first-order chi connectivity index (χ1) is 26.8. The molecule has 0 saturated heterocycles. The number of nitrogens with zero attached hydrogens (tertiary/aromatic N) is 2. The second-order valence-electron chi connectivity index (χ2n) is 14.4. The number of aliphatic imine (C=N–C) groups is 2. The number of para-hydroxylation sites is 2. The van der Waals surface area contributed by atoms with Gasteiger partial charge in [0.25, 0.3) is 0 Å². The molecule has 54 heavy (non-hydrogen) atoms. The van der Waals surface area contributed by atoms with Gasteiger partial charge in [-0.05, 0) is 86.8 Å². The van der Waals surface area contributed by atoms with Gasteiger partial charge in [-0.25, -0.2) is 9.98 Å². The lowest BCUT2D eigenvalue weighted by Gasteiger charge is -2.39. The monoisotopic (exact) mass is 693 g/mol. The molecule has 0 bridgehead atoms. The van der Waals surface area contributed by atoms with E-state index < -0.39 is 11.6 Å². The van der Waals surface area contributed by atoms with Gasteiger partial charge in [0.05, 0.1) is 5.41 Å². The lowest BCUT2D eigenvalue weighted by molar-refractivity contribution is 0.436. The third-order valence-electron chi connectivity index (χ3n) is 11.4. The van der Waals surface area contributed by atoms with Crippen LogP contribution in [0.2, 0.25) is 0 Å². The van der Waals surface area contributed by atoms with Crippen LogP contribution in [0.15, 0.2) is 192 Å². The molecule has 0 aromatic heterocycles. The fraction of sp³-hybridized carbons (Fsp3) is 0.0800. The van der Waals surface area contributed by atoms with Crippen LogP contribution in [0.1, 0.15) is 52.4 Å². The van der Waals surface area contributed by atoms with Crippen molar-refractivity contribution in [3.8, 4) is 33.8 Å². The van der Waals surface area contributed by atoms with Crippen LogP contribution < -0.4 is 10.1 Å². The fourth-order valence-electron chi connectivity index (χ4n) is 9.03. The second-order valence-corrected chi connectivity index (χ2v) is 14.4. The second kappa shape index (κ2) is 12.1. The number of nitrogens with one attached hydrogen (secondary N) is 1. The zero-order valence-corrected chi connectivity index (χ0v) is 29.5. The van der Waals surface area contributed by atoms with Crippen LogP contribution in [0.4, 0.5) is 0 Å².